The first kappa shape index (κ1) is 39.2. The van der Waals surface area contributed by atoms with E-state index in [2.05, 4.69) is 11.4 Å². The molecule has 0 aliphatic carbocycles. The predicted octanol–water partition coefficient (Wildman–Crippen LogP) is 5.25. The number of alkyl halides is 2. The van der Waals surface area contributed by atoms with E-state index in [1.165, 1.54) is 4.57 Å². The van der Waals surface area contributed by atoms with Gasteiger partial charge in [-0.15, -0.1) is 0 Å². The van der Waals surface area contributed by atoms with Gasteiger partial charge in [-0.25, -0.2) is 13.6 Å². The highest BCUT2D eigenvalue weighted by Gasteiger charge is 2.48. The fourth-order valence-electron chi connectivity index (χ4n) is 9.28. The topological polar surface area (TPSA) is 120 Å². The van der Waals surface area contributed by atoms with E-state index in [9.17, 15) is 19.2 Å². The molecule has 2 unspecified atom stereocenters. The number of rotatable bonds is 8. The number of carbonyl (C=O) groups is 2. The second kappa shape index (κ2) is 15.0. The Kier molecular flexibility index (Phi) is 10.1. The number of imidazole rings is 1. The second-order valence-electron chi connectivity index (χ2n) is 15.9. The van der Waals surface area contributed by atoms with Gasteiger partial charge < -0.3 is 14.0 Å². The molecule has 2 aromatic heterocycles. The van der Waals surface area contributed by atoms with Crippen LogP contribution in [0.3, 0.4) is 0 Å². The molecule has 3 aliphatic heterocycles. The fraction of sp³-hybridized carbons (Fsp3) is 0.409. The summed E-state index contributed by atoms with van der Waals surface area (Å²) in [6, 6.07) is 13.7. The average molecular weight is 795 g/mol. The summed E-state index contributed by atoms with van der Waals surface area (Å²) in [6.45, 7) is 4.87. The van der Waals surface area contributed by atoms with Crippen LogP contribution in [-0.4, -0.2) is 81.1 Å². The number of nitrogens with zero attached hydrogens (tertiary/aromatic N) is 5. The lowest BCUT2D eigenvalue weighted by Crippen LogP contribution is -2.58. The van der Waals surface area contributed by atoms with E-state index in [-0.39, 0.29) is 36.5 Å². The summed E-state index contributed by atoms with van der Waals surface area (Å²) >= 11 is 0. The Morgan fingerprint density at radius 1 is 0.845 bits per heavy atom. The number of fused-ring (bicyclic) bond motifs is 2. The molecule has 0 spiro atoms. The third-order valence-electron chi connectivity index (χ3n) is 12.5. The van der Waals surface area contributed by atoms with Gasteiger partial charge in [-0.3, -0.25) is 38.6 Å². The minimum atomic E-state index is -2.98. The third-order valence-corrected chi connectivity index (χ3v) is 12.5. The monoisotopic (exact) mass is 794 g/mol. The van der Waals surface area contributed by atoms with Gasteiger partial charge in [-0.1, -0.05) is 30.3 Å². The van der Waals surface area contributed by atoms with Crippen molar-refractivity contribution in [3.63, 3.8) is 0 Å². The Bertz CT molecular complexity index is 2580. The van der Waals surface area contributed by atoms with E-state index in [1.807, 2.05) is 54.3 Å². The summed E-state index contributed by atoms with van der Waals surface area (Å²) in [5, 5.41) is 2.36. The number of methoxy groups -OCH3 is 2. The number of aromatic nitrogens is 3. The minimum absolute atomic E-state index is 0.0643. The molecule has 0 radical (unpaired) electrons. The molecule has 0 saturated carbocycles. The third kappa shape index (κ3) is 6.71. The minimum Gasteiger partial charge on any atom is -0.496 e. The Hall–Kier alpha value is -5.60. The highest BCUT2D eigenvalue weighted by Crippen LogP contribution is 2.41. The van der Waals surface area contributed by atoms with Crippen molar-refractivity contribution in [2.45, 2.75) is 70.6 Å². The second-order valence-corrected chi connectivity index (χ2v) is 15.9. The first-order chi connectivity index (χ1) is 27.7. The molecule has 5 heterocycles. The van der Waals surface area contributed by atoms with Crippen LogP contribution in [0.4, 0.5) is 8.78 Å². The standard InChI is InChI=1S/C44H48F2N6O6/c1-25-26(2)42(55)48(3)22-32(25)30-19-36(57-5)33(37(20-30)58-6)23-50-16-15-38(44(45,46)24-50)51-17-14-27-18-28(10-11-29(27)21-51)31-8-7-9-34-40(31)49(4)43(56)52(34)35-12-13-39(53)47-41(35)54/h7-11,18-20,22,35,38H,12-17,21,23-24H2,1-6H3,(H,47,53,54). The highest BCUT2D eigenvalue weighted by atomic mass is 19.3. The molecule has 304 valence electrons. The van der Waals surface area contributed by atoms with Crippen LogP contribution in [0.1, 0.15) is 53.1 Å². The number of para-hydroxylation sites is 1. The van der Waals surface area contributed by atoms with E-state index < -0.39 is 30.5 Å². The molecule has 2 saturated heterocycles. The van der Waals surface area contributed by atoms with Gasteiger partial charge in [0.15, 0.2) is 0 Å². The van der Waals surface area contributed by atoms with Crippen molar-refractivity contribution in [1.82, 2.24) is 28.8 Å². The number of pyridine rings is 1. The molecule has 14 heteroatoms. The number of aryl methyl sites for hydroxylation is 2. The first-order valence-electron chi connectivity index (χ1n) is 19.6. The van der Waals surface area contributed by atoms with Crippen LogP contribution in [0.25, 0.3) is 33.3 Å². The summed E-state index contributed by atoms with van der Waals surface area (Å²) in [6.07, 6.45) is 3.09. The summed E-state index contributed by atoms with van der Waals surface area (Å²) in [7, 11) is 6.51. The molecule has 1 N–H and O–H groups in total. The van der Waals surface area contributed by atoms with Gasteiger partial charge in [0.2, 0.25) is 11.8 Å². The van der Waals surface area contributed by atoms with E-state index in [1.54, 1.807) is 55.5 Å². The normalized spacial score (nSPS) is 19.9. The summed E-state index contributed by atoms with van der Waals surface area (Å²) in [5.41, 5.74) is 8.54. The van der Waals surface area contributed by atoms with Gasteiger partial charge >= 0.3 is 5.69 Å². The van der Waals surface area contributed by atoms with E-state index in [0.717, 1.165) is 38.9 Å². The first-order valence-corrected chi connectivity index (χ1v) is 19.6. The number of amides is 2. The number of piperidine rings is 2. The van der Waals surface area contributed by atoms with Gasteiger partial charge in [0, 0.05) is 69.6 Å². The van der Waals surface area contributed by atoms with Crippen LogP contribution in [0.5, 0.6) is 11.5 Å². The van der Waals surface area contributed by atoms with Crippen molar-refractivity contribution in [1.29, 1.82) is 0 Å². The molecule has 3 aliphatic rings. The summed E-state index contributed by atoms with van der Waals surface area (Å²) in [5.74, 6) is -2.74. The smallest absolute Gasteiger partial charge is 0.329 e. The lowest BCUT2D eigenvalue weighted by atomic mass is 9.91. The van der Waals surface area contributed by atoms with E-state index >= 15 is 8.78 Å². The maximum atomic E-state index is 16.2. The molecule has 0 bridgehead atoms. The quantitative estimate of drug-likeness (QED) is 0.212. The average Bonchev–Trinajstić information content (AvgIpc) is 3.46. The number of halogens is 2. The summed E-state index contributed by atoms with van der Waals surface area (Å²) < 4.78 is 48.6. The van der Waals surface area contributed by atoms with Crippen molar-refractivity contribution >= 4 is 22.8 Å². The summed E-state index contributed by atoms with van der Waals surface area (Å²) in [4.78, 5) is 54.3. The number of hydrogen-bond acceptors (Lipinski definition) is 8. The molecule has 2 fully saturated rings. The number of ether oxygens (including phenoxy) is 2. The van der Waals surface area contributed by atoms with Crippen molar-refractivity contribution in [2.24, 2.45) is 14.1 Å². The molecule has 3 aromatic carbocycles. The van der Waals surface area contributed by atoms with Crippen LogP contribution in [0.15, 0.2) is 64.3 Å². The lowest BCUT2D eigenvalue weighted by Gasteiger charge is -2.45. The van der Waals surface area contributed by atoms with Crippen LogP contribution in [-0.2, 0) is 43.2 Å². The molecule has 5 aromatic rings. The maximum absolute atomic E-state index is 16.2. The van der Waals surface area contributed by atoms with Crippen molar-refractivity contribution in [3.8, 4) is 33.8 Å². The zero-order valence-electron chi connectivity index (χ0n) is 33.7. The Morgan fingerprint density at radius 2 is 1.59 bits per heavy atom. The Morgan fingerprint density at radius 3 is 2.28 bits per heavy atom. The number of likely N-dealkylation sites (tertiary alicyclic amines) is 1. The van der Waals surface area contributed by atoms with Gasteiger partial charge in [-0.05, 0) is 79.1 Å². The number of nitrogens with one attached hydrogen (secondary N) is 1. The van der Waals surface area contributed by atoms with Crippen LogP contribution >= 0.6 is 0 Å². The van der Waals surface area contributed by atoms with Gasteiger partial charge in [0.1, 0.15) is 17.5 Å². The Balaban J connectivity index is 0.992. The number of hydrogen-bond donors (Lipinski definition) is 1. The number of benzene rings is 3. The lowest BCUT2D eigenvalue weighted by molar-refractivity contribution is -0.135. The van der Waals surface area contributed by atoms with Crippen molar-refractivity contribution < 1.29 is 27.8 Å². The highest BCUT2D eigenvalue weighted by molar-refractivity contribution is 6.01. The largest absolute Gasteiger partial charge is 0.496 e. The van der Waals surface area contributed by atoms with Gasteiger partial charge in [0.25, 0.3) is 11.5 Å². The number of carbonyl (C=O) groups excluding carboxylic acids is 2. The van der Waals surface area contributed by atoms with E-state index in [4.69, 9.17) is 9.47 Å². The fourth-order valence-corrected chi connectivity index (χ4v) is 9.28. The van der Waals surface area contributed by atoms with Crippen LogP contribution in [0, 0.1) is 13.8 Å². The molecule has 2 amide bonds. The molecule has 2 atom stereocenters. The van der Waals surface area contributed by atoms with E-state index in [0.29, 0.717) is 66.1 Å². The van der Waals surface area contributed by atoms with Gasteiger partial charge in [-0.2, -0.15) is 0 Å². The van der Waals surface area contributed by atoms with Crippen LogP contribution in [0.2, 0.25) is 0 Å². The molecular formula is C44H48F2N6O6. The zero-order chi connectivity index (χ0) is 41.2. The van der Waals surface area contributed by atoms with Crippen molar-refractivity contribution in [2.75, 3.05) is 33.9 Å². The predicted molar refractivity (Wildman–Crippen MR) is 216 cm³/mol. The molecule has 12 nitrogen and oxygen atoms in total. The number of imide groups is 1. The van der Waals surface area contributed by atoms with Crippen LogP contribution < -0.4 is 26.0 Å². The molecule has 8 rings (SSSR count). The maximum Gasteiger partial charge on any atom is 0.329 e. The van der Waals surface area contributed by atoms with Crippen molar-refractivity contribution in [3.05, 3.63) is 103 Å². The van der Waals surface area contributed by atoms with Gasteiger partial charge in [0.05, 0.1) is 43.4 Å². The zero-order valence-corrected chi connectivity index (χ0v) is 33.7. The molecular weight excluding hydrogens is 747 g/mol. The molecule has 58 heavy (non-hydrogen) atoms. The Labute approximate surface area is 334 Å². The SMILES string of the molecule is COc1cc(-c2cn(C)c(=O)c(C)c2C)cc(OC)c1CN1CCC(N2CCc3cc(-c4cccc5c4n(C)c(=O)n5C4CCC(=O)NC4=O)ccc3C2)C(F)(F)C1.